The minimum atomic E-state index is -0.763. The molecule has 20 heavy (non-hydrogen) atoms. The van der Waals surface area contributed by atoms with Gasteiger partial charge in [0.05, 0.1) is 11.8 Å². The van der Waals surface area contributed by atoms with Crippen LogP contribution in [-0.4, -0.2) is 26.6 Å². The number of aryl methyl sites for hydroxylation is 2. The van der Waals surface area contributed by atoms with Crippen LogP contribution in [0.25, 0.3) is 10.2 Å². The molecule has 0 saturated heterocycles. The average Bonchev–Trinajstić information content (AvgIpc) is 2.63. The Labute approximate surface area is 121 Å². The normalized spacial score (nSPS) is 16.9. The van der Waals surface area contributed by atoms with Crippen molar-refractivity contribution in [2.24, 2.45) is 0 Å². The van der Waals surface area contributed by atoms with Gasteiger partial charge in [0.1, 0.15) is 17.0 Å². The van der Waals surface area contributed by atoms with Crippen LogP contribution in [0.1, 0.15) is 36.1 Å². The highest BCUT2D eigenvalue weighted by atomic mass is 32.1. The topological polar surface area (TPSA) is 75.1 Å². The fourth-order valence-corrected chi connectivity index (χ4v) is 3.76. The van der Waals surface area contributed by atoms with Crippen molar-refractivity contribution in [1.29, 1.82) is 0 Å². The summed E-state index contributed by atoms with van der Waals surface area (Å²) in [6.07, 6.45) is 4.52. The van der Waals surface area contributed by atoms with Crippen LogP contribution in [-0.2, 0) is 4.79 Å². The van der Waals surface area contributed by atoms with Gasteiger partial charge in [-0.15, -0.1) is 11.3 Å². The molecule has 1 aliphatic carbocycles. The maximum atomic E-state index is 11.1. The first-order valence-electron chi connectivity index (χ1n) is 6.71. The van der Waals surface area contributed by atoms with Gasteiger partial charge in [0, 0.05) is 10.4 Å². The van der Waals surface area contributed by atoms with Crippen molar-refractivity contribution in [2.75, 3.05) is 5.32 Å². The Kier molecular flexibility index (Phi) is 3.12. The molecule has 6 heteroatoms. The van der Waals surface area contributed by atoms with E-state index in [-0.39, 0.29) is 12.0 Å². The van der Waals surface area contributed by atoms with Gasteiger partial charge < -0.3 is 10.4 Å². The molecular formula is C14H17N3O2S. The van der Waals surface area contributed by atoms with Crippen LogP contribution in [0.15, 0.2) is 6.33 Å². The Hall–Kier alpha value is -1.69. The number of hydrogen-bond donors (Lipinski definition) is 2. The lowest BCUT2D eigenvalue weighted by Crippen LogP contribution is -2.47. The molecule has 1 saturated carbocycles. The average molecular weight is 291 g/mol. The first-order valence-corrected chi connectivity index (χ1v) is 7.53. The van der Waals surface area contributed by atoms with Crippen LogP contribution in [0.4, 0.5) is 5.82 Å². The van der Waals surface area contributed by atoms with Gasteiger partial charge >= 0.3 is 5.97 Å². The number of aromatic nitrogens is 2. The molecular weight excluding hydrogens is 274 g/mol. The standard InChI is InChI=1S/C14H17N3O2S/c1-8-9(2)20-13-11(8)12(15-7-16-13)17-14(4-3-5-14)6-10(18)19/h7H,3-6H2,1-2H3,(H,18,19)(H,15,16,17). The van der Waals surface area contributed by atoms with Gasteiger partial charge in [-0.1, -0.05) is 0 Å². The summed E-state index contributed by atoms with van der Waals surface area (Å²) in [5.41, 5.74) is 0.841. The van der Waals surface area contributed by atoms with E-state index < -0.39 is 5.97 Å². The molecule has 0 bridgehead atoms. The van der Waals surface area contributed by atoms with Crippen molar-refractivity contribution in [2.45, 2.75) is 45.1 Å². The third-order valence-electron chi connectivity index (χ3n) is 4.15. The highest BCUT2D eigenvalue weighted by Crippen LogP contribution is 2.40. The molecule has 2 aromatic heterocycles. The largest absolute Gasteiger partial charge is 0.481 e. The predicted octanol–water partition coefficient (Wildman–Crippen LogP) is 3.12. The molecule has 1 aliphatic rings. The maximum absolute atomic E-state index is 11.1. The van der Waals surface area contributed by atoms with Crippen molar-refractivity contribution >= 4 is 33.3 Å². The number of carbonyl (C=O) groups is 1. The van der Waals surface area contributed by atoms with Gasteiger partial charge in [0.2, 0.25) is 0 Å². The first kappa shape index (κ1) is 13.3. The van der Waals surface area contributed by atoms with E-state index >= 15 is 0 Å². The number of nitrogens with zero attached hydrogens (tertiary/aromatic N) is 2. The predicted molar refractivity (Wildman–Crippen MR) is 79.3 cm³/mol. The highest BCUT2D eigenvalue weighted by molar-refractivity contribution is 7.18. The van der Waals surface area contributed by atoms with Crippen molar-refractivity contribution < 1.29 is 9.90 Å². The first-order chi connectivity index (χ1) is 9.51. The second-order valence-electron chi connectivity index (χ2n) is 5.52. The van der Waals surface area contributed by atoms with Gasteiger partial charge in [-0.2, -0.15) is 0 Å². The summed E-state index contributed by atoms with van der Waals surface area (Å²) < 4.78 is 0. The smallest absolute Gasteiger partial charge is 0.305 e. The van der Waals surface area contributed by atoms with E-state index in [1.165, 1.54) is 10.4 Å². The maximum Gasteiger partial charge on any atom is 0.305 e. The van der Waals surface area contributed by atoms with Crippen molar-refractivity contribution in [3.8, 4) is 0 Å². The lowest BCUT2D eigenvalue weighted by molar-refractivity contribution is -0.138. The Balaban J connectivity index is 2.00. The molecule has 0 unspecified atom stereocenters. The van der Waals surface area contributed by atoms with Crippen molar-refractivity contribution in [3.63, 3.8) is 0 Å². The molecule has 2 N–H and O–H groups in total. The van der Waals surface area contributed by atoms with Crippen LogP contribution in [0.2, 0.25) is 0 Å². The quantitative estimate of drug-likeness (QED) is 0.905. The number of thiophene rings is 1. The van der Waals surface area contributed by atoms with E-state index in [0.717, 1.165) is 35.3 Å². The molecule has 2 aromatic rings. The monoisotopic (exact) mass is 291 g/mol. The molecule has 3 rings (SSSR count). The summed E-state index contributed by atoms with van der Waals surface area (Å²) >= 11 is 1.65. The van der Waals surface area contributed by atoms with Gasteiger partial charge in [-0.25, -0.2) is 9.97 Å². The fourth-order valence-electron chi connectivity index (χ4n) is 2.77. The zero-order chi connectivity index (χ0) is 14.3. The van der Waals surface area contributed by atoms with E-state index in [2.05, 4.69) is 29.1 Å². The van der Waals surface area contributed by atoms with Crippen LogP contribution < -0.4 is 5.32 Å². The molecule has 0 aromatic carbocycles. The minimum Gasteiger partial charge on any atom is -0.481 e. The third kappa shape index (κ3) is 2.14. The molecule has 106 valence electrons. The summed E-state index contributed by atoms with van der Waals surface area (Å²) in [5.74, 6) is 0.0125. The number of hydrogen-bond acceptors (Lipinski definition) is 5. The summed E-state index contributed by atoms with van der Waals surface area (Å²) in [6, 6.07) is 0. The zero-order valence-electron chi connectivity index (χ0n) is 11.6. The summed E-state index contributed by atoms with van der Waals surface area (Å²) in [7, 11) is 0. The molecule has 1 fully saturated rings. The Morgan fingerprint density at radius 2 is 2.20 bits per heavy atom. The van der Waals surface area contributed by atoms with Gasteiger partial charge in [-0.3, -0.25) is 4.79 Å². The van der Waals surface area contributed by atoms with Gasteiger partial charge in [-0.05, 0) is 38.7 Å². The molecule has 2 heterocycles. The number of fused-ring (bicyclic) bond motifs is 1. The summed E-state index contributed by atoms with van der Waals surface area (Å²) in [6.45, 7) is 4.13. The lowest BCUT2D eigenvalue weighted by Gasteiger charge is -2.42. The van der Waals surface area contributed by atoms with E-state index in [0.29, 0.717) is 0 Å². The molecule has 0 atom stereocenters. The minimum absolute atomic E-state index is 0.140. The lowest BCUT2D eigenvalue weighted by atomic mass is 9.74. The third-order valence-corrected chi connectivity index (χ3v) is 5.26. The number of carboxylic acids is 1. The van der Waals surface area contributed by atoms with Crippen molar-refractivity contribution in [3.05, 3.63) is 16.8 Å². The number of carboxylic acid groups (broad SMARTS) is 1. The van der Waals surface area contributed by atoms with Crippen LogP contribution in [0.3, 0.4) is 0 Å². The molecule has 5 nitrogen and oxygen atoms in total. The van der Waals surface area contributed by atoms with Gasteiger partial charge in [0.25, 0.3) is 0 Å². The summed E-state index contributed by atoms with van der Waals surface area (Å²) in [5, 5.41) is 13.5. The molecule has 0 spiro atoms. The Morgan fingerprint density at radius 1 is 1.45 bits per heavy atom. The second-order valence-corrected chi connectivity index (χ2v) is 6.72. The second kappa shape index (κ2) is 4.70. The SMILES string of the molecule is Cc1sc2ncnc(NC3(CC(=O)O)CCC3)c2c1C. The van der Waals surface area contributed by atoms with E-state index in [4.69, 9.17) is 5.11 Å². The molecule has 0 aliphatic heterocycles. The number of rotatable bonds is 4. The fraction of sp³-hybridized carbons (Fsp3) is 0.500. The van der Waals surface area contributed by atoms with Crippen LogP contribution >= 0.6 is 11.3 Å². The number of nitrogens with one attached hydrogen (secondary N) is 1. The summed E-state index contributed by atoms with van der Waals surface area (Å²) in [4.78, 5) is 21.9. The van der Waals surface area contributed by atoms with Crippen LogP contribution in [0.5, 0.6) is 0 Å². The molecule has 0 amide bonds. The zero-order valence-corrected chi connectivity index (χ0v) is 12.4. The van der Waals surface area contributed by atoms with Gasteiger partial charge in [0.15, 0.2) is 0 Å². The Bertz CT molecular complexity index is 676. The van der Waals surface area contributed by atoms with E-state index in [1.54, 1.807) is 17.7 Å². The number of anilines is 1. The Morgan fingerprint density at radius 3 is 2.80 bits per heavy atom. The van der Waals surface area contributed by atoms with Crippen LogP contribution in [0, 0.1) is 13.8 Å². The van der Waals surface area contributed by atoms with E-state index in [9.17, 15) is 4.79 Å². The van der Waals surface area contributed by atoms with E-state index in [1.807, 2.05) is 0 Å². The molecule has 0 radical (unpaired) electrons. The van der Waals surface area contributed by atoms with Crippen molar-refractivity contribution in [1.82, 2.24) is 9.97 Å². The number of aliphatic carboxylic acids is 1. The highest BCUT2D eigenvalue weighted by Gasteiger charge is 2.39.